The second-order valence-corrected chi connectivity index (χ2v) is 6.86. The van der Waals surface area contributed by atoms with Gasteiger partial charge in [-0.2, -0.15) is 0 Å². The molecule has 0 bridgehead atoms. The minimum atomic E-state index is 0.417. The summed E-state index contributed by atoms with van der Waals surface area (Å²) in [5.41, 5.74) is 3.16. The number of ether oxygens (including phenoxy) is 1. The van der Waals surface area contributed by atoms with Crippen LogP contribution in [0.2, 0.25) is 0 Å². The molecule has 0 amide bonds. The summed E-state index contributed by atoms with van der Waals surface area (Å²) in [6.07, 6.45) is 2.17. The van der Waals surface area contributed by atoms with Gasteiger partial charge in [-0.15, -0.1) is 0 Å². The summed E-state index contributed by atoms with van der Waals surface area (Å²) in [4.78, 5) is 0. The number of rotatable bonds is 3. The molecule has 3 rings (SSSR count). The molecule has 1 aromatic rings. The molecule has 0 radical (unpaired) electrons. The van der Waals surface area contributed by atoms with Crippen molar-refractivity contribution in [3.8, 4) is 5.75 Å². The zero-order chi connectivity index (χ0) is 12.8. The summed E-state index contributed by atoms with van der Waals surface area (Å²) in [6.45, 7) is 7.77. The smallest absolute Gasteiger partial charge is 0.125 e. The van der Waals surface area contributed by atoms with Crippen molar-refractivity contribution in [3.63, 3.8) is 0 Å². The van der Waals surface area contributed by atoms with Crippen LogP contribution in [0.1, 0.15) is 25.0 Å². The highest BCUT2D eigenvalue weighted by atomic mass is 79.9. The number of benzene rings is 1. The maximum Gasteiger partial charge on any atom is 0.125 e. The van der Waals surface area contributed by atoms with Crippen LogP contribution in [0.3, 0.4) is 0 Å². The molecular weight excluding hydrogens is 290 g/mol. The fourth-order valence-electron chi connectivity index (χ4n) is 3.04. The number of nitrogens with one attached hydrogen (secondary N) is 1. The average molecular weight is 310 g/mol. The Labute approximate surface area is 117 Å². The molecule has 0 aliphatic carbocycles. The van der Waals surface area contributed by atoms with Gasteiger partial charge in [-0.25, -0.2) is 0 Å². The monoisotopic (exact) mass is 309 g/mol. The third kappa shape index (κ3) is 1.97. The Morgan fingerprint density at radius 3 is 2.78 bits per heavy atom. The molecule has 1 N–H and O–H groups in total. The maximum absolute atomic E-state index is 5.84. The van der Waals surface area contributed by atoms with Crippen molar-refractivity contribution < 1.29 is 4.74 Å². The summed E-state index contributed by atoms with van der Waals surface area (Å²) >= 11 is 3.63. The molecule has 2 aliphatic heterocycles. The largest absolute Gasteiger partial charge is 0.493 e. The summed E-state index contributed by atoms with van der Waals surface area (Å²) in [7, 11) is 0. The third-order valence-corrected chi connectivity index (χ3v) is 5.00. The van der Waals surface area contributed by atoms with Gasteiger partial charge in [0.25, 0.3) is 0 Å². The van der Waals surface area contributed by atoms with Gasteiger partial charge in [0.2, 0.25) is 0 Å². The molecule has 18 heavy (non-hydrogen) atoms. The van der Waals surface area contributed by atoms with Crippen LogP contribution < -0.4 is 10.1 Å². The Morgan fingerprint density at radius 2 is 2.17 bits per heavy atom. The highest BCUT2D eigenvalue weighted by Gasteiger charge is 2.40. The van der Waals surface area contributed by atoms with Gasteiger partial charge < -0.3 is 10.1 Å². The molecule has 0 aromatic heterocycles. The van der Waals surface area contributed by atoms with E-state index in [2.05, 4.69) is 47.2 Å². The van der Waals surface area contributed by atoms with E-state index in [0.717, 1.165) is 38.3 Å². The van der Waals surface area contributed by atoms with Gasteiger partial charge in [-0.1, -0.05) is 29.8 Å². The first kappa shape index (κ1) is 12.5. The fraction of sp³-hybridized carbons (Fsp3) is 0.600. The Hall–Kier alpha value is -0.540. The Bertz CT molecular complexity index is 466. The predicted molar refractivity (Wildman–Crippen MR) is 77.2 cm³/mol. The van der Waals surface area contributed by atoms with Crippen LogP contribution in [0.5, 0.6) is 5.75 Å². The van der Waals surface area contributed by atoms with Crippen molar-refractivity contribution in [3.05, 3.63) is 27.7 Å². The predicted octanol–water partition coefficient (Wildman–Crippen LogP) is 3.17. The normalized spacial score (nSPS) is 20.4. The van der Waals surface area contributed by atoms with Gasteiger partial charge in [0.1, 0.15) is 5.75 Å². The molecule has 3 heteroatoms. The van der Waals surface area contributed by atoms with Gasteiger partial charge >= 0.3 is 0 Å². The molecule has 2 aliphatic rings. The van der Waals surface area contributed by atoms with E-state index in [4.69, 9.17) is 4.74 Å². The molecule has 0 saturated carbocycles. The zero-order valence-corrected chi connectivity index (χ0v) is 12.6. The molecule has 1 fully saturated rings. The van der Waals surface area contributed by atoms with E-state index < -0.39 is 0 Å². The van der Waals surface area contributed by atoms with Gasteiger partial charge in [-0.05, 0) is 35.6 Å². The Kier molecular flexibility index (Phi) is 3.15. The van der Waals surface area contributed by atoms with E-state index in [1.807, 2.05) is 0 Å². The van der Waals surface area contributed by atoms with Crippen LogP contribution in [0, 0.1) is 11.3 Å². The lowest BCUT2D eigenvalue weighted by atomic mass is 9.68. The molecule has 0 spiro atoms. The van der Waals surface area contributed by atoms with Crippen LogP contribution in [0.4, 0.5) is 0 Å². The van der Waals surface area contributed by atoms with Crippen LogP contribution in [0.25, 0.3) is 0 Å². The number of halogens is 1. The lowest BCUT2D eigenvalue weighted by Crippen LogP contribution is -2.57. The second-order valence-electron chi connectivity index (χ2n) is 5.95. The zero-order valence-electron chi connectivity index (χ0n) is 11.1. The van der Waals surface area contributed by atoms with E-state index in [0.29, 0.717) is 11.3 Å². The number of fused-ring (bicyclic) bond motifs is 1. The van der Waals surface area contributed by atoms with Crippen molar-refractivity contribution >= 4 is 15.9 Å². The van der Waals surface area contributed by atoms with E-state index >= 15 is 0 Å². The second kappa shape index (κ2) is 4.53. The molecule has 98 valence electrons. The summed E-state index contributed by atoms with van der Waals surface area (Å²) in [5.74, 6) is 1.86. The fourth-order valence-corrected chi connectivity index (χ4v) is 3.59. The van der Waals surface area contributed by atoms with Crippen LogP contribution in [-0.2, 0) is 12.8 Å². The first-order chi connectivity index (χ1) is 8.61. The first-order valence-corrected chi connectivity index (χ1v) is 7.55. The quantitative estimate of drug-likeness (QED) is 0.926. The van der Waals surface area contributed by atoms with E-state index in [1.165, 1.54) is 15.6 Å². The maximum atomic E-state index is 5.84. The molecular formula is C15H20BrNO. The molecule has 0 unspecified atom stereocenters. The van der Waals surface area contributed by atoms with Gasteiger partial charge in [0.05, 0.1) is 6.61 Å². The first-order valence-electron chi connectivity index (χ1n) is 6.75. The minimum absolute atomic E-state index is 0.417. The van der Waals surface area contributed by atoms with Crippen LogP contribution >= 0.6 is 15.9 Å². The molecule has 2 heterocycles. The molecule has 0 atom stereocenters. The van der Waals surface area contributed by atoms with Crippen molar-refractivity contribution in [2.75, 3.05) is 19.7 Å². The van der Waals surface area contributed by atoms with Gasteiger partial charge in [0, 0.05) is 29.4 Å². The Morgan fingerprint density at radius 1 is 1.39 bits per heavy atom. The van der Waals surface area contributed by atoms with Crippen molar-refractivity contribution in [1.82, 2.24) is 5.32 Å². The number of hydrogen-bond donors (Lipinski definition) is 1. The average Bonchev–Trinajstić information content (AvgIpc) is 2.70. The van der Waals surface area contributed by atoms with Crippen molar-refractivity contribution in [2.45, 2.75) is 26.7 Å². The van der Waals surface area contributed by atoms with E-state index in [1.54, 1.807) is 0 Å². The molecule has 1 saturated heterocycles. The highest BCUT2D eigenvalue weighted by Crippen LogP contribution is 2.41. The summed E-state index contributed by atoms with van der Waals surface area (Å²) in [6, 6.07) is 4.44. The number of hydrogen-bond acceptors (Lipinski definition) is 2. The lowest BCUT2D eigenvalue weighted by Gasteiger charge is -2.46. The third-order valence-electron chi connectivity index (χ3n) is 4.55. The van der Waals surface area contributed by atoms with Gasteiger partial charge in [0.15, 0.2) is 0 Å². The van der Waals surface area contributed by atoms with Crippen molar-refractivity contribution in [2.24, 2.45) is 11.3 Å². The topological polar surface area (TPSA) is 21.3 Å². The molecule has 1 aromatic carbocycles. The van der Waals surface area contributed by atoms with Gasteiger partial charge in [-0.3, -0.25) is 0 Å². The van der Waals surface area contributed by atoms with Crippen LogP contribution in [0.15, 0.2) is 16.6 Å². The molecule has 2 nitrogen and oxygen atoms in total. The minimum Gasteiger partial charge on any atom is -0.493 e. The Balaban J connectivity index is 1.93. The van der Waals surface area contributed by atoms with E-state index in [-0.39, 0.29) is 0 Å². The summed E-state index contributed by atoms with van der Waals surface area (Å²) < 4.78 is 7.03. The lowest BCUT2D eigenvalue weighted by molar-refractivity contribution is 0.0985. The standard InChI is InChI=1S/C15H20BrNO/c1-10(2)15(8-17-9-15)7-12-6-13(16)5-11-3-4-18-14(11)12/h5-6,10,17H,3-4,7-9H2,1-2H3. The summed E-state index contributed by atoms with van der Waals surface area (Å²) in [5, 5.41) is 3.43. The van der Waals surface area contributed by atoms with E-state index in [9.17, 15) is 0 Å². The van der Waals surface area contributed by atoms with Crippen LogP contribution in [-0.4, -0.2) is 19.7 Å². The highest BCUT2D eigenvalue weighted by molar-refractivity contribution is 9.10. The SMILES string of the molecule is CC(C)C1(Cc2cc(Br)cc3c2OCC3)CNC1. The van der Waals surface area contributed by atoms with Crippen molar-refractivity contribution in [1.29, 1.82) is 0 Å².